The number of hydrogen-bond acceptors (Lipinski definition) is 3. The second kappa shape index (κ2) is 7.66. The molecule has 0 aromatic heterocycles. The number of rotatable bonds is 2. The summed E-state index contributed by atoms with van der Waals surface area (Å²) < 4.78 is 5.28. The molecule has 0 spiro atoms. The van der Waals surface area contributed by atoms with Gasteiger partial charge in [-0.3, -0.25) is 4.79 Å². The zero-order valence-electron chi connectivity index (χ0n) is 11.4. The Morgan fingerprint density at radius 1 is 1.25 bits per heavy atom. The zero-order chi connectivity index (χ0) is 12.6. The summed E-state index contributed by atoms with van der Waals surface area (Å²) in [6, 6.07) is 0. The van der Waals surface area contributed by atoms with Crippen molar-refractivity contribution in [1.82, 2.24) is 5.32 Å². The van der Waals surface area contributed by atoms with Crippen LogP contribution in [0.2, 0.25) is 0 Å². The third kappa shape index (κ3) is 7.69. The number of nitrogens with one attached hydrogen (secondary N) is 1. The molecule has 0 saturated carbocycles. The Morgan fingerprint density at radius 2 is 1.75 bits per heavy atom. The predicted octanol–water partition coefficient (Wildman–Crippen LogP) is 2.74. The Hall–Kier alpha value is -0.570. The molecule has 3 heteroatoms. The van der Waals surface area contributed by atoms with Crippen molar-refractivity contribution < 1.29 is 9.53 Å². The van der Waals surface area contributed by atoms with E-state index in [1.807, 2.05) is 34.6 Å². The van der Waals surface area contributed by atoms with Gasteiger partial charge in [-0.25, -0.2) is 0 Å². The first-order valence-electron chi connectivity index (χ1n) is 6.40. The zero-order valence-corrected chi connectivity index (χ0v) is 11.4. The minimum Gasteiger partial charge on any atom is -0.460 e. The van der Waals surface area contributed by atoms with Crippen LogP contribution >= 0.6 is 0 Å². The Balaban J connectivity index is 0.00000106. The van der Waals surface area contributed by atoms with Crippen LogP contribution in [0.5, 0.6) is 0 Å². The van der Waals surface area contributed by atoms with Gasteiger partial charge in [0.2, 0.25) is 0 Å². The standard InChI is InChI=1S/C11H21NO2.C2H6/c1-11(2,3)14-10(13)8-9-4-6-12-7-5-9;1-2/h9,12H,4-8H2,1-3H3;1-2H3. The van der Waals surface area contributed by atoms with Gasteiger partial charge in [-0.2, -0.15) is 0 Å². The molecule has 1 N–H and O–H groups in total. The summed E-state index contributed by atoms with van der Waals surface area (Å²) in [5.74, 6) is 0.468. The van der Waals surface area contributed by atoms with E-state index in [-0.39, 0.29) is 11.6 Å². The fourth-order valence-electron chi connectivity index (χ4n) is 1.70. The number of carbonyl (C=O) groups excluding carboxylic acids is 1. The molecule has 96 valence electrons. The Labute approximate surface area is 99.9 Å². The summed E-state index contributed by atoms with van der Waals surface area (Å²) in [7, 11) is 0. The maximum Gasteiger partial charge on any atom is 0.306 e. The van der Waals surface area contributed by atoms with Crippen molar-refractivity contribution in [2.75, 3.05) is 13.1 Å². The number of ether oxygens (including phenoxy) is 1. The highest BCUT2D eigenvalue weighted by molar-refractivity contribution is 5.70. The minimum absolute atomic E-state index is 0.0515. The molecule has 0 radical (unpaired) electrons. The monoisotopic (exact) mass is 229 g/mol. The molecule has 1 rings (SSSR count). The molecular formula is C13H27NO2. The molecule has 1 saturated heterocycles. The van der Waals surface area contributed by atoms with Crippen molar-refractivity contribution in [3.8, 4) is 0 Å². The van der Waals surface area contributed by atoms with E-state index in [0.29, 0.717) is 12.3 Å². The molecule has 3 nitrogen and oxygen atoms in total. The van der Waals surface area contributed by atoms with E-state index in [2.05, 4.69) is 5.32 Å². The van der Waals surface area contributed by atoms with Crippen LogP contribution in [0.1, 0.15) is 53.9 Å². The minimum atomic E-state index is -0.343. The second-order valence-electron chi connectivity index (χ2n) is 4.98. The normalized spacial score (nSPS) is 17.3. The van der Waals surface area contributed by atoms with E-state index in [1.54, 1.807) is 0 Å². The van der Waals surface area contributed by atoms with Crippen LogP contribution in [-0.2, 0) is 9.53 Å². The fraction of sp³-hybridized carbons (Fsp3) is 0.923. The molecule has 0 atom stereocenters. The summed E-state index contributed by atoms with van der Waals surface area (Å²) in [5.41, 5.74) is -0.343. The summed E-state index contributed by atoms with van der Waals surface area (Å²) in [5, 5.41) is 3.28. The molecule has 0 aliphatic carbocycles. The molecule has 0 amide bonds. The van der Waals surface area contributed by atoms with Gasteiger partial charge in [0.05, 0.1) is 0 Å². The highest BCUT2D eigenvalue weighted by atomic mass is 16.6. The van der Waals surface area contributed by atoms with E-state index >= 15 is 0 Å². The van der Waals surface area contributed by atoms with Gasteiger partial charge in [-0.1, -0.05) is 13.8 Å². The third-order valence-electron chi connectivity index (χ3n) is 2.33. The topological polar surface area (TPSA) is 38.3 Å². The highest BCUT2D eigenvalue weighted by Gasteiger charge is 2.21. The summed E-state index contributed by atoms with van der Waals surface area (Å²) in [6.07, 6.45) is 2.78. The van der Waals surface area contributed by atoms with E-state index < -0.39 is 0 Å². The van der Waals surface area contributed by atoms with Crippen molar-refractivity contribution in [3.63, 3.8) is 0 Å². The molecule has 0 aromatic carbocycles. The molecule has 16 heavy (non-hydrogen) atoms. The SMILES string of the molecule is CC.CC(C)(C)OC(=O)CC1CCNCC1. The first-order chi connectivity index (χ1) is 7.47. The van der Waals surface area contributed by atoms with E-state index in [4.69, 9.17) is 4.74 Å². The first kappa shape index (κ1) is 15.4. The quantitative estimate of drug-likeness (QED) is 0.740. The molecule has 1 aliphatic heterocycles. The van der Waals surface area contributed by atoms with Crippen molar-refractivity contribution >= 4 is 5.97 Å². The van der Waals surface area contributed by atoms with Gasteiger partial charge in [0.25, 0.3) is 0 Å². The maximum absolute atomic E-state index is 11.5. The van der Waals surface area contributed by atoms with Crippen LogP contribution in [0.4, 0.5) is 0 Å². The predicted molar refractivity (Wildman–Crippen MR) is 67.4 cm³/mol. The Kier molecular flexibility index (Phi) is 7.39. The van der Waals surface area contributed by atoms with Gasteiger partial charge in [-0.05, 0) is 52.6 Å². The van der Waals surface area contributed by atoms with Gasteiger partial charge in [0, 0.05) is 6.42 Å². The summed E-state index contributed by atoms with van der Waals surface area (Å²) >= 11 is 0. The van der Waals surface area contributed by atoms with Gasteiger partial charge in [0.15, 0.2) is 0 Å². The lowest BCUT2D eigenvalue weighted by Gasteiger charge is -2.24. The molecular weight excluding hydrogens is 202 g/mol. The van der Waals surface area contributed by atoms with Crippen LogP contribution in [0, 0.1) is 5.92 Å². The smallest absolute Gasteiger partial charge is 0.306 e. The number of esters is 1. The average molecular weight is 229 g/mol. The van der Waals surface area contributed by atoms with Gasteiger partial charge in [-0.15, -0.1) is 0 Å². The fourth-order valence-corrected chi connectivity index (χ4v) is 1.70. The van der Waals surface area contributed by atoms with Crippen LogP contribution in [-0.4, -0.2) is 24.7 Å². The lowest BCUT2D eigenvalue weighted by molar-refractivity contribution is -0.156. The van der Waals surface area contributed by atoms with Gasteiger partial charge in [0.1, 0.15) is 5.60 Å². The summed E-state index contributed by atoms with van der Waals surface area (Å²) in [6.45, 7) is 11.8. The third-order valence-corrected chi connectivity index (χ3v) is 2.33. The lowest BCUT2D eigenvalue weighted by Crippen LogP contribution is -2.31. The molecule has 0 unspecified atom stereocenters. The van der Waals surface area contributed by atoms with Crippen molar-refractivity contribution in [1.29, 1.82) is 0 Å². The first-order valence-corrected chi connectivity index (χ1v) is 6.40. The Bertz CT molecular complexity index is 191. The van der Waals surface area contributed by atoms with E-state index in [0.717, 1.165) is 25.9 Å². The van der Waals surface area contributed by atoms with Gasteiger partial charge < -0.3 is 10.1 Å². The molecule has 0 aromatic rings. The lowest BCUT2D eigenvalue weighted by atomic mass is 9.95. The Morgan fingerprint density at radius 3 is 2.19 bits per heavy atom. The van der Waals surface area contributed by atoms with Crippen molar-refractivity contribution in [3.05, 3.63) is 0 Å². The van der Waals surface area contributed by atoms with Gasteiger partial charge >= 0.3 is 5.97 Å². The van der Waals surface area contributed by atoms with E-state index in [1.165, 1.54) is 0 Å². The average Bonchev–Trinajstić information content (AvgIpc) is 2.19. The number of hydrogen-bond donors (Lipinski definition) is 1. The van der Waals surface area contributed by atoms with Crippen LogP contribution in [0.25, 0.3) is 0 Å². The number of carbonyl (C=O) groups is 1. The van der Waals surface area contributed by atoms with E-state index in [9.17, 15) is 4.79 Å². The van der Waals surface area contributed by atoms with Crippen LogP contribution < -0.4 is 5.32 Å². The summed E-state index contributed by atoms with van der Waals surface area (Å²) in [4.78, 5) is 11.5. The highest BCUT2D eigenvalue weighted by Crippen LogP contribution is 2.18. The molecule has 1 aliphatic rings. The van der Waals surface area contributed by atoms with Crippen molar-refractivity contribution in [2.24, 2.45) is 5.92 Å². The van der Waals surface area contributed by atoms with Crippen LogP contribution in [0.3, 0.4) is 0 Å². The van der Waals surface area contributed by atoms with Crippen molar-refractivity contribution in [2.45, 2.75) is 59.5 Å². The molecule has 1 heterocycles. The number of piperidine rings is 1. The van der Waals surface area contributed by atoms with Crippen LogP contribution in [0.15, 0.2) is 0 Å². The maximum atomic E-state index is 11.5. The largest absolute Gasteiger partial charge is 0.460 e. The second-order valence-corrected chi connectivity index (χ2v) is 4.98. The molecule has 1 fully saturated rings. The molecule has 0 bridgehead atoms.